The molecule has 0 radical (unpaired) electrons. The van der Waals surface area contributed by atoms with E-state index in [4.69, 9.17) is 19.9 Å². The van der Waals surface area contributed by atoms with Crippen molar-refractivity contribution in [1.29, 1.82) is 0 Å². The summed E-state index contributed by atoms with van der Waals surface area (Å²) in [7, 11) is 0. The highest BCUT2D eigenvalue weighted by atomic mass is 15.2. The minimum absolute atomic E-state index is 0.577. The van der Waals surface area contributed by atoms with Crippen molar-refractivity contribution in [3.8, 4) is 45.5 Å². The molecule has 0 aliphatic rings. The Labute approximate surface area is 287 Å². The Morgan fingerprint density at radius 3 is 1.54 bits per heavy atom. The molecule has 234 valence electrons. The van der Waals surface area contributed by atoms with Crippen LogP contribution in [-0.2, 0) is 0 Å². The van der Waals surface area contributed by atoms with Crippen LogP contribution in [0.5, 0.6) is 0 Å². The molecule has 0 unspecified atom stereocenters. The summed E-state index contributed by atoms with van der Waals surface area (Å²) < 4.78 is 4.40. The van der Waals surface area contributed by atoms with Gasteiger partial charge in [-0.05, 0) is 48.0 Å². The number of hydrogen-bond acceptors (Lipinski definition) is 4. The molecule has 0 atom stereocenters. The smallest absolute Gasteiger partial charge is 0.238 e. The van der Waals surface area contributed by atoms with Crippen LogP contribution in [0.4, 0.5) is 0 Å². The highest BCUT2D eigenvalue weighted by Crippen LogP contribution is 2.37. The maximum absolute atomic E-state index is 5.07. The molecule has 0 spiro atoms. The molecule has 0 saturated carbocycles. The number of nitrogens with zero attached hydrogens (tertiary/aromatic N) is 6. The van der Waals surface area contributed by atoms with Crippen LogP contribution in [0.15, 0.2) is 170 Å². The van der Waals surface area contributed by atoms with E-state index in [1.54, 1.807) is 0 Å². The topological polar surface area (TPSA) is 61.4 Å². The first-order valence-electron chi connectivity index (χ1n) is 16.7. The molecule has 0 bridgehead atoms. The first kappa shape index (κ1) is 28.1. The van der Waals surface area contributed by atoms with E-state index in [1.807, 2.05) is 72.9 Å². The van der Waals surface area contributed by atoms with Crippen molar-refractivity contribution < 1.29 is 0 Å². The third-order valence-electron chi connectivity index (χ3n) is 9.42. The summed E-state index contributed by atoms with van der Waals surface area (Å²) in [6.45, 7) is 0. The number of fused-ring (bicyclic) bond motifs is 6. The van der Waals surface area contributed by atoms with Crippen LogP contribution in [0, 0.1) is 0 Å². The van der Waals surface area contributed by atoms with Gasteiger partial charge in [-0.2, -0.15) is 9.97 Å². The molecule has 6 heteroatoms. The number of rotatable bonds is 5. The van der Waals surface area contributed by atoms with Crippen molar-refractivity contribution in [2.75, 3.05) is 0 Å². The van der Waals surface area contributed by atoms with Crippen molar-refractivity contribution >= 4 is 43.7 Å². The van der Waals surface area contributed by atoms with E-state index in [2.05, 4.69) is 106 Å². The maximum Gasteiger partial charge on any atom is 0.238 e. The van der Waals surface area contributed by atoms with Crippen molar-refractivity contribution in [1.82, 2.24) is 29.1 Å². The van der Waals surface area contributed by atoms with Gasteiger partial charge < -0.3 is 0 Å². The average Bonchev–Trinajstić information content (AvgIpc) is 3.71. The zero-order chi connectivity index (χ0) is 33.0. The summed E-state index contributed by atoms with van der Waals surface area (Å²) in [5.74, 6) is 1.84. The van der Waals surface area contributed by atoms with Crippen LogP contribution >= 0.6 is 0 Å². The standard InChI is InChI=1S/C44H28N6/c1-4-14-29(15-5-1)41-46-42(30-16-6-2-7-17-30)48-44(47-41)50-39-23-13-10-20-34(39)36-26-31(24-25-40(36)50)32-27-37-35-21-11-12-22-38(35)49(43(37)45-28-32)33-18-8-3-9-19-33/h1-28H. The molecule has 0 fully saturated rings. The fourth-order valence-corrected chi connectivity index (χ4v) is 7.11. The molecule has 50 heavy (non-hydrogen) atoms. The lowest BCUT2D eigenvalue weighted by molar-refractivity contribution is 0.953. The third-order valence-corrected chi connectivity index (χ3v) is 9.42. The van der Waals surface area contributed by atoms with Gasteiger partial charge in [-0.15, -0.1) is 0 Å². The van der Waals surface area contributed by atoms with Gasteiger partial charge >= 0.3 is 0 Å². The lowest BCUT2D eigenvalue weighted by Gasteiger charge is -2.11. The number of hydrogen-bond donors (Lipinski definition) is 0. The summed E-state index contributed by atoms with van der Waals surface area (Å²) in [6.07, 6.45) is 1.99. The quantitative estimate of drug-likeness (QED) is 0.188. The minimum atomic E-state index is 0.577. The van der Waals surface area contributed by atoms with Crippen molar-refractivity contribution in [2.24, 2.45) is 0 Å². The number of benzene rings is 6. The maximum atomic E-state index is 5.07. The predicted molar refractivity (Wildman–Crippen MR) is 203 cm³/mol. The molecular weight excluding hydrogens is 613 g/mol. The van der Waals surface area contributed by atoms with Crippen LogP contribution in [-0.4, -0.2) is 29.1 Å². The second-order valence-corrected chi connectivity index (χ2v) is 12.4. The average molecular weight is 641 g/mol. The Bertz CT molecular complexity index is 2800. The molecule has 6 nitrogen and oxygen atoms in total. The van der Waals surface area contributed by atoms with Crippen LogP contribution in [0.1, 0.15) is 0 Å². The van der Waals surface area contributed by atoms with Crippen molar-refractivity contribution in [2.45, 2.75) is 0 Å². The van der Waals surface area contributed by atoms with Gasteiger partial charge in [0, 0.05) is 50.1 Å². The highest BCUT2D eigenvalue weighted by molar-refractivity contribution is 6.11. The Balaban J connectivity index is 1.17. The fraction of sp³-hybridized carbons (Fsp3) is 0. The zero-order valence-electron chi connectivity index (χ0n) is 26.8. The van der Waals surface area contributed by atoms with Crippen LogP contribution < -0.4 is 0 Å². The summed E-state index contributed by atoms with van der Waals surface area (Å²) in [4.78, 5) is 20.1. The van der Waals surface area contributed by atoms with Gasteiger partial charge in [0.1, 0.15) is 5.65 Å². The van der Waals surface area contributed by atoms with Gasteiger partial charge in [-0.25, -0.2) is 9.97 Å². The van der Waals surface area contributed by atoms with E-state index in [1.165, 1.54) is 5.39 Å². The van der Waals surface area contributed by atoms with Crippen molar-refractivity contribution in [3.05, 3.63) is 170 Å². The van der Waals surface area contributed by atoms with E-state index in [0.29, 0.717) is 17.6 Å². The summed E-state index contributed by atoms with van der Waals surface area (Å²) in [5, 5.41) is 4.54. The molecule has 4 heterocycles. The van der Waals surface area contributed by atoms with Crippen molar-refractivity contribution in [3.63, 3.8) is 0 Å². The Kier molecular flexibility index (Phi) is 6.39. The van der Waals surface area contributed by atoms with Crippen LogP contribution in [0.2, 0.25) is 0 Å². The second-order valence-electron chi connectivity index (χ2n) is 12.4. The molecule has 4 aromatic heterocycles. The molecule has 0 amide bonds. The first-order valence-corrected chi connectivity index (χ1v) is 16.7. The van der Waals surface area contributed by atoms with Gasteiger partial charge in [-0.3, -0.25) is 9.13 Å². The van der Waals surface area contributed by atoms with Gasteiger partial charge in [0.25, 0.3) is 0 Å². The first-order chi connectivity index (χ1) is 24.8. The zero-order valence-corrected chi connectivity index (χ0v) is 26.8. The van der Waals surface area contributed by atoms with E-state index in [9.17, 15) is 0 Å². The van der Waals surface area contributed by atoms with E-state index < -0.39 is 0 Å². The third kappa shape index (κ3) is 4.50. The van der Waals surface area contributed by atoms with E-state index >= 15 is 0 Å². The minimum Gasteiger partial charge on any atom is -0.294 e. The summed E-state index contributed by atoms with van der Waals surface area (Å²) in [5.41, 5.74) is 9.26. The Hall–Kier alpha value is -6.92. The largest absolute Gasteiger partial charge is 0.294 e. The molecule has 6 aromatic carbocycles. The molecule has 0 aliphatic carbocycles. The molecule has 0 aliphatic heterocycles. The fourth-order valence-electron chi connectivity index (χ4n) is 7.11. The molecule has 10 rings (SSSR count). The molecule has 0 N–H and O–H groups in total. The lowest BCUT2D eigenvalue weighted by Crippen LogP contribution is -2.06. The second kappa shape index (κ2) is 11.4. The number of pyridine rings is 1. The molecule has 10 aromatic rings. The molecule has 0 saturated heterocycles. The Morgan fingerprint density at radius 2 is 0.880 bits per heavy atom. The van der Waals surface area contributed by atoms with Crippen LogP contribution in [0.3, 0.4) is 0 Å². The Morgan fingerprint density at radius 1 is 0.360 bits per heavy atom. The monoisotopic (exact) mass is 640 g/mol. The van der Waals surface area contributed by atoms with E-state index in [0.717, 1.165) is 66.3 Å². The normalized spacial score (nSPS) is 11.6. The van der Waals surface area contributed by atoms with Gasteiger partial charge in [0.15, 0.2) is 11.6 Å². The predicted octanol–water partition coefficient (Wildman–Crippen LogP) is 10.5. The SMILES string of the molecule is c1ccc(-c2nc(-c3ccccc3)nc(-n3c4ccccc4c4cc(-c5cnc6c(c5)c5ccccc5n6-c5ccccc5)ccc43)n2)cc1. The van der Waals surface area contributed by atoms with Gasteiger partial charge in [-0.1, -0.05) is 121 Å². The number of aromatic nitrogens is 6. The number of para-hydroxylation sites is 3. The summed E-state index contributed by atoms with van der Waals surface area (Å²) >= 11 is 0. The molecular formula is C44H28N6. The summed E-state index contributed by atoms with van der Waals surface area (Å²) in [6, 6.07) is 56.5. The lowest BCUT2D eigenvalue weighted by atomic mass is 10.0. The highest BCUT2D eigenvalue weighted by Gasteiger charge is 2.19. The van der Waals surface area contributed by atoms with E-state index in [-0.39, 0.29) is 0 Å². The van der Waals surface area contributed by atoms with Gasteiger partial charge in [0.05, 0.1) is 16.6 Å². The van der Waals surface area contributed by atoms with Crippen LogP contribution in [0.25, 0.3) is 89.3 Å². The van der Waals surface area contributed by atoms with Gasteiger partial charge in [0.2, 0.25) is 5.95 Å².